The van der Waals surface area contributed by atoms with Crippen LogP contribution in [0.15, 0.2) is 0 Å². The van der Waals surface area contributed by atoms with E-state index in [1.807, 2.05) is 0 Å². The first-order valence-corrected chi connectivity index (χ1v) is 7.51. The average Bonchev–Trinajstić information content (AvgIpc) is 2.88. The summed E-state index contributed by atoms with van der Waals surface area (Å²) < 4.78 is 5.11. The first-order chi connectivity index (χ1) is 9.66. The normalized spacial score (nSPS) is 27.2. The molecule has 3 N–H and O–H groups in total. The molecule has 1 aliphatic heterocycles. The average molecular weight is 284 g/mol. The molecule has 6 heteroatoms. The molecule has 0 bridgehead atoms. The van der Waals surface area contributed by atoms with Gasteiger partial charge in [0.2, 0.25) is 0 Å². The van der Waals surface area contributed by atoms with E-state index in [1.54, 1.807) is 0 Å². The zero-order valence-corrected chi connectivity index (χ0v) is 11.8. The minimum atomic E-state index is -0.921. The van der Waals surface area contributed by atoms with E-state index in [0.717, 1.165) is 12.3 Å². The topological polar surface area (TPSA) is 87.7 Å². The lowest BCUT2D eigenvalue weighted by atomic mass is 9.87. The van der Waals surface area contributed by atoms with Crippen molar-refractivity contribution < 1.29 is 19.4 Å². The first-order valence-electron chi connectivity index (χ1n) is 7.51. The lowest BCUT2D eigenvalue weighted by Crippen LogP contribution is -2.47. The number of amides is 2. The number of aliphatic carboxylic acids is 1. The highest BCUT2D eigenvalue weighted by molar-refractivity contribution is 5.77. The van der Waals surface area contributed by atoms with Crippen LogP contribution >= 0.6 is 0 Å². The van der Waals surface area contributed by atoms with Crippen LogP contribution in [0.2, 0.25) is 0 Å². The molecule has 0 spiro atoms. The molecule has 2 fully saturated rings. The van der Waals surface area contributed by atoms with E-state index in [2.05, 4.69) is 10.6 Å². The molecular weight excluding hydrogens is 260 g/mol. The second kappa shape index (κ2) is 7.47. The fraction of sp³-hybridized carbons (Fsp3) is 0.857. The number of nitrogens with one attached hydrogen (secondary N) is 2. The van der Waals surface area contributed by atoms with E-state index in [4.69, 9.17) is 9.84 Å². The van der Waals surface area contributed by atoms with Crippen molar-refractivity contribution in [3.8, 4) is 0 Å². The maximum atomic E-state index is 11.7. The number of carboxylic acid groups (broad SMARTS) is 1. The van der Waals surface area contributed by atoms with Crippen LogP contribution in [0, 0.1) is 11.8 Å². The SMILES string of the molecule is O=C(NCCC1CCCCC1)NC1COCC1C(=O)O. The monoisotopic (exact) mass is 284 g/mol. The Kier molecular flexibility index (Phi) is 5.64. The molecule has 2 rings (SSSR count). The molecule has 0 aromatic rings. The Hall–Kier alpha value is -1.30. The predicted octanol–water partition coefficient (Wildman–Crippen LogP) is 1.36. The van der Waals surface area contributed by atoms with Crippen LogP contribution in [0.1, 0.15) is 38.5 Å². The van der Waals surface area contributed by atoms with E-state index in [1.165, 1.54) is 32.1 Å². The highest BCUT2D eigenvalue weighted by Crippen LogP contribution is 2.25. The fourth-order valence-electron chi connectivity index (χ4n) is 3.02. The number of carbonyl (C=O) groups is 2. The second-order valence-corrected chi connectivity index (χ2v) is 5.78. The molecule has 1 saturated heterocycles. The van der Waals surface area contributed by atoms with Gasteiger partial charge in [-0.15, -0.1) is 0 Å². The maximum Gasteiger partial charge on any atom is 0.315 e. The van der Waals surface area contributed by atoms with Crippen LogP contribution < -0.4 is 10.6 Å². The molecule has 114 valence electrons. The number of ether oxygens (including phenoxy) is 1. The van der Waals surface area contributed by atoms with Crippen molar-refractivity contribution in [2.45, 2.75) is 44.6 Å². The molecule has 2 amide bonds. The molecule has 0 aromatic heterocycles. The van der Waals surface area contributed by atoms with Crippen LogP contribution in [0.25, 0.3) is 0 Å². The molecule has 20 heavy (non-hydrogen) atoms. The molecule has 0 aromatic carbocycles. The largest absolute Gasteiger partial charge is 0.481 e. The summed E-state index contributed by atoms with van der Waals surface area (Å²) in [4.78, 5) is 22.7. The van der Waals surface area contributed by atoms with Gasteiger partial charge < -0.3 is 20.5 Å². The van der Waals surface area contributed by atoms with Gasteiger partial charge in [-0.2, -0.15) is 0 Å². The Morgan fingerprint density at radius 3 is 2.60 bits per heavy atom. The van der Waals surface area contributed by atoms with Crippen LogP contribution in [-0.4, -0.2) is 42.9 Å². The predicted molar refractivity (Wildman–Crippen MR) is 73.5 cm³/mol. The molecule has 6 nitrogen and oxygen atoms in total. The molecule has 1 heterocycles. The summed E-state index contributed by atoms with van der Waals surface area (Å²) in [5, 5.41) is 14.5. The fourth-order valence-corrected chi connectivity index (χ4v) is 3.02. The van der Waals surface area contributed by atoms with Crippen molar-refractivity contribution in [3.05, 3.63) is 0 Å². The summed E-state index contributed by atoms with van der Waals surface area (Å²) in [6, 6.07) is -0.718. The van der Waals surface area contributed by atoms with Gasteiger partial charge in [-0.25, -0.2) is 4.79 Å². The number of carboxylic acids is 1. The minimum absolute atomic E-state index is 0.169. The van der Waals surface area contributed by atoms with Gasteiger partial charge in [0.25, 0.3) is 0 Å². The van der Waals surface area contributed by atoms with Crippen molar-refractivity contribution in [2.75, 3.05) is 19.8 Å². The van der Waals surface area contributed by atoms with Gasteiger partial charge in [0, 0.05) is 6.54 Å². The number of urea groups is 1. The Morgan fingerprint density at radius 1 is 1.15 bits per heavy atom. The summed E-state index contributed by atoms with van der Waals surface area (Å²) >= 11 is 0. The summed E-state index contributed by atoms with van der Waals surface area (Å²) in [5.74, 6) is -0.834. The second-order valence-electron chi connectivity index (χ2n) is 5.78. The van der Waals surface area contributed by atoms with E-state index >= 15 is 0 Å². The van der Waals surface area contributed by atoms with Gasteiger partial charge >= 0.3 is 12.0 Å². The Balaban J connectivity index is 1.63. The van der Waals surface area contributed by atoms with Crippen molar-refractivity contribution in [1.82, 2.24) is 10.6 Å². The van der Waals surface area contributed by atoms with Crippen molar-refractivity contribution in [1.29, 1.82) is 0 Å². The lowest BCUT2D eigenvalue weighted by molar-refractivity contribution is -0.142. The van der Waals surface area contributed by atoms with E-state index in [0.29, 0.717) is 6.54 Å². The molecular formula is C14H24N2O4. The van der Waals surface area contributed by atoms with Crippen LogP contribution in [-0.2, 0) is 9.53 Å². The Morgan fingerprint density at radius 2 is 1.90 bits per heavy atom. The third-order valence-corrected chi connectivity index (χ3v) is 4.28. The zero-order chi connectivity index (χ0) is 14.4. The summed E-state index contributed by atoms with van der Waals surface area (Å²) in [5.41, 5.74) is 0. The third kappa shape index (κ3) is 4.37. The molecule has 1 aliphatic carbocycles. The van der Waals surface area contributed by atoms with Crippen LogP contribution in [0.5, 0.6) is 0 Å². The van der Waals surface area contributed by atoms with E-state index < -0.39 is 17.9 Å². The van der Waals surface area contributed by atoms with Crippen molar-refractivity contribution >= 4 is 12.0 Å². The summed E-state index contributed by atoms with van der Waals surface area (Å²) in [6.07, 6.45) is 7.48. The third-order valence-electron chi connectivity index (χ3n) is 4.28. The van der Waals surface area contributed by atoms with Gasteiger partial charge in [-0.05, 0) is 12.3 Å². The van der Waals surface area contributed by atoms with Gasteiger partial charge in [0.1, 0.15) is 5.92 Å². The zero-order valence-electron chi connectivity index (χ0n) is 11.8. The standard InChI is InChI=1S/C14H24N2O4/c17-13(18)11-8-20-9-12(11)16-14(19)15-7-6-10-4-2-1-3-5-10/h10-12H,1-9H2,(H,17,18)(H2,15,16,19). The molecule has 1 saturated carbocycles. The number of carbonyl (C=O) groups excluding carboxylic acids is 1. The molecule has 2 unspecified atom stereocenters. The Bertz CT molecular complexity index is 342. The smallest absolute Gasteiger partial charge is 0.315 e. The van der Waals surface area contributed by atoms with Gasteiger partial charge in [0.15, 0.2) is 0 Å². The van der Waals surface area contributed by atoms with E-state index in [9.17, 15) is 9.59 Å². The molecule has 0 radical (unpaired) electrons. The van der Waals surface area contributed by atoms with E-state index in [-0.39, 0.29) is 19.2 Å². The van der Waals surface area contributed by atoms with Gasteiger partial charge in [0.05, 0.1) is 19.3 Å². The van der Waals surface area contributed by atoms with Crippen LogP contribution in [0.4, 0.5) is 4.79 Å². The van der Waals surface area contributed by atoms with Gasteiger partial charge in [-0.3, -0.25) is 4.79 Å². The molecule has 2 aliphatic rings. The quantitative estimate of drug-likeness (QED) is 0.711. The lowest BCUT2D eigenvalue weighted by Gasteiger charge is -2.22. The van der Waals surface area contributed by atoms with Crippen molar-refractivity contribution in [3.63, 3.8) is 0 Å². The Labute approximate surface area is 119 Å². The van der Waals surface area contributed by atoms with Crippen LogP contribution in [0.3, 0.4) is 0 Å². The van der Waals surface area contributed by atoms with Crippen molar-refractivity contribution in [2.24, 2.45) is 11.8 Å². The summed E-state index contributed by atoms with van der Waals surface area (Å²) in [7, 11) is 0. The molecule has 2 atom stereocenters. The first kappa shape index (κ1) is 15.1. The number of hydrogen-bond acceptors (Lipinski definition) is 3. The number of rotatable bonds is 5. The number of hydrogen-bond donors (Lipinski definition) is 3. The highest BCUT2D eigenvalue weighted by Gasteiger charge is 2.34. The van der Waals surface area contributed by atoms with Gasteiger partial charge in [-0.1, -0.05) is 32.1 Å². The highest BCUT2D eigenvalue weighted by atomic mass is 16.5. The minimum Gasteiger partial charge on any atom is -0.481 e. The maximum absolute atomic E-state index is 11.7. The summed E-state index contributed by atoms with van der Waals surface area (Å²) in [6.45, 7) is 1.09.